The van der Waals surface area contributed by atoms with Crippen molar-refractivity contribution in [3.8, 4) is 0 Å². The van der Waals surface area contributed by atoms with Crippen molar-refractivity contribution in [2.45, 2.75) is 26.4 Å². The van der Waals surface area contributed by atoms with E-state index in [1.165, 1.54) is 18.6 Å². The molecule has 0 bridgehead atoms. The zero-order valence-electron chi connectivity index (χ0n) is 7.73. The van der Waals surface area contributed by atoms with Gasteiger partial charge in [-0.3, -0.25) is 0 Å². The Morgan fingerprint density at radius 2 is 1.38 bits per heavy atom. The molecule has 0 radical (unpaired) electrons. The van der Waals surface area contributed by atoms with Crippen molar-refractivity contribution in [1.82, 2.24) is 0 Å². The van der Waals surface area contributed by atoms with Crippen molar-refractivity contribution in [2.75, 3.05) is 0 Å². The predicted octanol–water partition coefficient (Wildman–Crippen LogP) is 4.12. The Morgan fingerprint density at radius 1 is 1.00 bits per heavy atom. The first kappa shape index (κ1) is 12.0. The first-order valence-corrected chi connectivity index (χ1v) is 4.14. The van der Waals surface area contributed by atoms with Crippen molar-refractivity contribution in [2.24, 2.45) is 0 Å². The molecule has 1 rings (SSSR count). The lowest BCUT2D eigenvalue weighted by molar-refractivity contribution is -0.137. The first-order valence-electron chi connectivity index (χ1n) is 4.14. The number of rotatable bonds is 0. The quantitative estimate of drug-likeness (QED) is 0.577. The molecule has 0 aliphatic rings. The van der Waals surface area contributed by atoms with Gasteiger partial charge in [0.05, 0.1) is 5.56 Å². The van der Waals surface area contributed by atoms with Crippen LogP contribution in [-0.2, 0) is 6.18 Å². The number of halogens is 3. The molecule has 0 saturated heterocycles. The van der Waals surface area contributed by atoms with E-state index >= 15 is 0 Å². The van der Waals surface area contributed by atoms with E-state index in [2.05, 4.69) is 13.8 Å². The lowest BCUT2D eigenvalue weighted by Gasteiger charge is -2.03. The molecule has 1 aromatic carbocycles. The normalized spacial score (nSPS) is 10.2. The van der Waals surface area contributed by atoms with Crippen molar-refractivity contribution in [3.63, 3.8) is 0 Å². The summed E-state index contributed by atoms with van der Waals surface area (Å²) in [5.41, 5.74) is -0.602. The highest BCUT2D eigenvalue weighted by Crippen LogP contribution is 2.28. The Hall–Kier alpha value is -0.990. The Balaban J connectivity index is 0.000000424. The molecule has 0 N–H and O–H groups in total. The number of alkyl halides is 3. The molecule has 0 amide bonds. The standard InChI is InChI=1S/C7H5F3.C3H8/c8-7(9,10)6-4-2-1-3-5-6;1-3-2/h1-5H;3H2,1-2H3. The SMILES string of the molecule is CCC.FC(F)(F)c1ccccc1. The molecule has 0 aliphatic carbocycles. The first-order chi connectivity index (χ1) is 6.02. The van der Waals surface area contributed by atoms with E-state index < -0.39 is 11.7 Å². The molecule has 0 spiro atoms. The maximum absolute atomic E-state index is 11.8. The minimum atomic E-state index is -4.21. The molecule has 3 heteroatoms. The fourth-order valence-electron chi connectivity index (χ4n) is 0.627. The van der Waals surface area contributed by atoms with Gasteiger partial charge in [-0.05, 0) is 0 Å². The fourth-order valence-corrected chi connectivity index (χ4v) is 0.627. The minimum absolute atomic E-state index is 0.602. The van der Waals surface area contributed by atoms with Crippen LogP contribution in [0, 0.1) is 0 Å². The molecule has 74 valence electrons. The van der Waals surface area contributed by atoms with Gasteiger partial charge in [0.25, 0.3) is 0 Å². The van der Waals surface area contributed by atoms with E-state index in [1.807, 2.05) is 0 Å². The minimum Gasteiger partial charge on any atom is -0.166 e. The summed E-state index contributed by atoms with van der Waals surface area (Å²) in [5, 5.41) is 0. The third-order valence-electron chi connectivity index (χ3n) is 1.10. The van der Waals surface area contributed by atoms with Crippen LogP contribution in [0.1, 0.15) is 25.8 Å². The van der Waals surface area contributed by atoms with Crippen LogP contribution in [0.5, 0.6) is 0 Å². The second-order valence-electron chi connectivity index (χ2n) is 2.57. The van der Waals surface area contributed by atoms with Gasteiger partial charge in [0, 0.05) is 0 Å². The molecular weight excluding hydrogens is 177 g/mol. The van der Waals surface area contributed by atoms with Gasteiger partial charge in [-0.1, -0.05) is 50.6 Å². The van der Waals surface area contributed by atoms with Gasteiger partial charge in [-0.2, -0.15) is 13.2 Å². The zero-order valence-corrected chi connectivity index (χ0v) is 7.73. The van der Waals surface area contributed by atoms with Gasteiger partial charge < -0.3 is 0 Å². The van der Waals surface area contributed by atoms with Crippen LogP contribution in [0.25, 0.3) is 0 Å². The average Bonchev–Trinajstić information content (AvgIpc) is 2.06. The maximum Gasteiger partial charge on any atom is 0.416 e. The summed E-state index contributed by atoms with van der Waals surface area (Å²) in [4.78, 5) is 0. The van der Waals surface area contributed by atoms with Crippen LogP contribution >= 0.6 is 0 Å². The van der Waals surface area contributed by atoms with Gasteiger partial charge in [0.2, 0.25) is 0 Å². The lowest BCUT2D eigenvalue weighted by Crippen LogP contribution is -2.03. The third kappa shape index (κ3) is 5.28. The van der Waals surface area contributed by atoms with Crippen LogP contribution in [0.2, 0.25) is 0 Å². The third-order valence-corrected chi connectivity index (χ3v) is 1.10. The summed E-state index contributed by atoms with van der Waals surface area (Å²) in [6.07, 6.45) is -2.96. The molecule has 0 unspecified atom stereocenters. The van der Waals surface area contributed by atoms with Gasteiger partial charge >= 0.3 is 6.18 Å². The van der Waals surface area contributed by atoms with Crippen molar-refractivity contribution < 1.29 is 13.2 Å². The molecule has 0 nitrogen and oxygen atoms in total. The van der Waals surface area contributed by atoms with Gasteiger partial charge in [0.15, 0.2) is 0 Å². The van der Waals surface area contributed by atoms with Crippen LogP contribution in [-0.4, -0.2) is 0 Å². The average molecular weight is 190 g/mol. The monoisotopic (exact) mass is 190 g/mol. The summed E-state index contributed by atoms with van der Waals surface area (Å²) in [5.74, 6) is 0. The summed E-state index contributed by atoms with van der Waals surface area (Å²) in [6.45, 7) is 4.25. The molecule has 0 heterocycles. The fraction of sp³-hybridized carbons (Fsp3) is 0.400. The summed E-state index contributed by atoms with van der Waals surface area (Å²) in [7, 11) is 0. The molecule has 1 aromatic rings. The summed E-state index contributed by atoms with van der Waals surface area (Å²) < 4.78 is 35.4. The number of benzene rings is 1. The second kappa shape index (κ2) is 5.62. The molecule has 0 saturated carbocycles. The highest BCUT2D eigenvalue weighted by atomic mass is 19.4. The Labute approximate surface area is 76.4 Å². The van der Waals surface area contributed by atoms with E-state index in [4.69, 9.17) is 0 Å². The van der Waals surface area contributed by atoms with Gasteiger partial charge in [-0.25, -0.2) is 0 Å². The largest absolute Gasteiger partial charge is 0.416 e. The number of hydrogen-bond donors (Lipinski definition) is 0. The molecule has 0 aromatic heterocycles. The molecular formula is C10H13F3. The smallest absolute Gasteiger partial charge is 0.166 e. The summed E-state index contributed by atoms with van der Waals surface area (Å²) >= 11 is 0. The molecule has 13 heavy (non-hydrogen) atoms. The highest BCUT2D eigenvalue weighted by Gasteiger charge is 2.29. The van der Waals surface area contributed by atoms with E-state index in [-0.39, 0.29) is 0 Å². The van der Waals surface area contributed by atoms with Crippen LogP contribution in [0.15, 0.2) is 30.3 Å². The van der Waals surface area contributed by atoms with E-state index in [0.29, 0.717) is 0 Å². The second-order valence-corrected chi connectivity index (χ2v) is 2.57. The molecule has 0 aliphatic heterocycles. The van der Waals surface area contributed by atoms with Crippen molar-refractivity contribution in [3.05, 3.63) is 35.9 Å². The highest BCUT2D eigenvalue weighted by molar-refractivity contribution is 5.17. The van der Waals surface area contributed by atoms with Crippen LogP contribution < -0.4 is 0 Å². The molecule has 0 fully saturated rings. The Bertz CT molecular complexity index is 213. The van der Waals surface area contributed by atoms with Crippen LogP contribution in [0.3, 0.4) is 0 Å². The van der Waals surface area contributed by atoms with E-state index in [1.54, 1.807) is 6.07 Å². The Morgan fingerprint density at radius 3 is 1.62 bits per heavy atom. The summed E-state index contributed by atoms with van der Waals surface area (Å²) in [6, 6.07) is 6.36. The zero-order chi connectivity index (χ0) is 10.3. The van der Waals surface area contributed by atoms with Crippen molar-refractivity contribution in [1.29, 1.82) is 0 Å². The van der Waals surface area contributed by atoms with E-state index in [9.17, 15) is 13.2 Å². The van der Waals surface area contributed by atoms with Gasteiger partial charge in [-0.15, -0.1) is 0 Å². The van der Waals surface area contributed by atoms with Crippen molar-refractivity contribution >= 4 is 0 Å². The molecule has 0 atom stereocenters. The van der Waals surface area contributed by atoms with Crippen LogP contribution in [0.4, 0.5) is 13.2 Å². The predicted molar refractivity (Wildman–Crippen MR) is 47.4 cm³/mol. The van der Waals surface area contributed by atoms with Gasteiger partial charge in [0.1, 0.15) is 0 Å². The Kier molecular flexibility index (Phi) is 5.19. The maximum atomic E-state index is 11.8. The number of hydrogen-bond acceptors (Lipinski definition) is 0. The van der Waals surface area contributed by atoms with E-state index in [0.717, 1.165) is 12.1 Å². The lowest BCUT2D eigenvalue weighted by atomic mass is 10.2. The topological polar surface area (TPSA) is 0 Å².